The molecule has 0 heterocycles. The number of rotatable bonds is 4. The lowest BCUT2D eigenvalue weighted by Gasteiger charge is -2.17. The van der Waals surface area contributed by atoms with Crippen LogP contribution < -0.4 is 0 Å². The largest absolute Gasteiger partial charge is 0.243 e. The van der Waals surface area contributed by atoms with Crippen molar-refractivity contribution in [2.75, 3.05) is 13.1 Å². The van der Waals surface area contributed by atoms with E-state index >= 15 is 0 Å². The molecule has 0 aliphatic rings. The Hall–Kier alpha value is -0.870. The molecular weight excluding hydrogens is 198 g/mol. The summed E-state index contributed by atoms with van der Waals surface area (Å²) in [6, 6.07) is 9.35. The minimum Gasteiger partial charge on any atom is -0.207 e. The number of nitrogens with zero attached hydrogens (tertiary/aromatic N) is 1. The van der Waals surface area contributed by atoms with Crippen LogP contribution in [0.25, 0.3) is 0 Å². The Bertz CT molecular complexity index is 368. The van der Waals surface area contributed by atoms with Gasteiger partial charge in [-0.15, -0.1) is 0 Å². The van der Waals surface area contributed by atoms with Crippen molar-refractivity contribution >= 4 is 10.0 Å². The molecule has 0 aliphatic heterocycles. The van der Waals surface area contributed by atoms with Gasteiger partial charge in [0.15, 0.2) is 0 Å². The number of hydrogen-bond acceptors (Lipinski definition) is 2. The van der Waals surface area contributed by atoms with Crippen molar-refractivity contribution < 1.29 is 8.42 Å². The molecule has 1 rings (SSSR count). The summed E-state index contributed by atoms with van der Waals surface area (Å²) in [5, 5.41) is 0. The van der Waals surface area contributed by atoms with Gasteiger partial charge in [0.05, 0.1) is 4.90 Å². The monoisotopic (exact) mass is 212 g/mol. The SMILES string of the molecule is CCN(CC)S(=O)(=O)c1[c]cccc1. The Morgan fingerprint density at radius 1 is 1.29 bits per heavy atom. The van der Waals surface area contributed by atoms with Gasteiger partial charge in [-0.25, -0.2) is 8.42 Å². The number of sulfonamides is 1. The molecule has 1 radical (unpaired) electrons. The zero-order chi connectivity index (χ0) is 10.6. The predicted molar refractivity (Wildman–Crippen MR) is 55.4 cm³/mol. The fourth-order valence-corrected chi connectivity index (χ4v) is 2.67. The van der Waals surface area contributed by atoms with Gasteiger partial charge in [0.1, 0.15) is 0 Å². The maximum absolute atomic E-state index is 11.9. The Kier molecular flexibility index (Phi) is 3.66. The lowest BCUT2D eigenvalue weighted by atomic mass is 10.4. The van der Waals surface area contributed by atoms with Crippen LogP contribution in [-0.2, 0) is 10.0 Å². The molecule has 1 aromatic carbocycles. The van der Waals surface area contributed by atoms with Crippen LogP contribution in [0.5, 0.6) is 0 Å². The van der Waals surface area contributed by atoms with Crippen molar-refractivity contribution in [1.29, 1.82) is 0 Å². The maximum Gasteiger partial charge on any atom is 0.243 e. The molecule has 0 saturated carbocycles. The summed E-state index contributed by atoms with van der Waals surface area (Å²) in [6.07, 6.45) is 0. The Morgan fingerprint density at radius 2 is 1.93 bits per heavy atom. The second-order valence-corrected chi connectivity index (χ2v) is 4.72. The zero-order valence-electron chi connectivity index (χ0n) is 8.40. The van der Waals surface area contributed by atoms with E-state index in [0.29, 0.717) is 13.1 Å². The van der Waals surface area contributed by atoms with Gasteiger partial charge in [-0.3, -0.25) is 0 Å². The molecule has 0 aliphatic carbocycles. The molecule has 3 nitrogen and oxygen atoms in total. The summed E-state index contributed by atoms with van der Waals surface area (Å²) in [5.74, 6) is 0. The lowest BCUT2D eigenvalue weighted by molar-refractivity contribution is 0.445. The number of benzene rings is 1. The van der Waals surface area contributed by atoms with Crippen LogP contribution in [0.4, 0.5) is 0 Å². The van der Waals surface area contributed by atoms with Crippen molar-refractivity contribution in [3.05, 3.63) is 30.3 Å². The first kappa shape index (κ1) is 11.2. The van der Waals surface area contributed by atoms with E-state index in [1.54, 1.807) is 24.3 Å². The fourth-order valence-electron chi connectivity index (χ4n) is 1.24. The fraction of sp³-hybridized carbons (Fsp3) is 0.400. The highest BCUT2D eigenvalue weighted by atomic mass is 32.2. The summed E-state index contributed by atoms with van der Waals surface area (Å²) in [6.45, 7) is 4.62. The minimum absolute atomic E-state index is 0.240. The van der Waals surface area contributed by atoms with Crippen LogP contribution >= 0.6 is 0 Å². The van der Waals surface area contributed by atoms with Crippen molar-refractivity contribution in [3.8, 4) is 0 Å². The van der Waals surface area contributed by atoms with Crippen LogP contribution in [-0.4, -0.2) is 25.8 Å². The Morgan fingerprint density at radius 3 is 2.36 bits per heavy atom. The van der Waals surface area contributed by atoms with Crippen LogP contribution in [0.2, 0.25) is 0 Å². The third-order valence-electron chi connectivity index (χ3n) is 2.00. The van der Waals surface area contributed by atoms with Crippen LogP contribution in [0.1, 0.15) is 13.8 Å². The van der Waals surface area contributed by atoms with Gasteiger partial charge >= 0.3 is 0 Å². The van der Waals surface area contributed by atoms with Gasteiger partial charge in [-0.2, -0.15) is 4.31 Å². The molecule has 4 heteroatoms. The second-order valence-electron chi connectivity index (χ2n) is 2.82. The van der Waals surface area contributed by atoms with Gasteiger partial charge < -0.3 is 0 Å². The average molecular weight is 212 g/mol. The van der Waals surface area contributed by atoms with Gasteiger partial charge in [0, 0.05) is 19.2 Å². The minimum atomic E-state index is -3.32. The Labute approximate surface area is 85.4 Å². The summed E-state index contributed by atoms with van der Waals surface area (Å²) >= 11 is 0. The van der Waals surface area contributed by atoms with Crippen molar-refractivity contribution in [3.63, 3.8) is 0 Å². The van der Waals surface area contributed by atoms with Gasteiger partial charge in [0.2, 0.25) is 10.0 Å². The highest BCUT2D eigenvalue weighted by Crippen LogP contribution is 2.13. The smallest absolute Gasteiger partial charge is 0.207 e. The van der Waals surface area contributed by atoms with E-state index < -0.39 is 10.0 Å². The molecule has 0 aromatic heterocycles. The van der Waals surface area contributed by atoms with Gasteiger partial charge in [-0.1, -0.05) is 32.0 Å². The van der Waals surface area contributed by atoms with E-state index in [0.717, 1.165) is 0 Å². The molecule has 14 heavy (non-hydrogen) atoms. The summed E-state index contributed by atoms with van der Waals surface area (Å²) in [7, 11) is -3.32. The molecule has 0 saturated heterocycles. The second kappa shape index (κ2) is 4.57. The zero-order valence-corrected chi connectivity index (χ0v) is 9.21. The quantitative estimate of drug-likeness (QED) is 0.758. The molecule has 1 aromatic rings. The lowest BCUT2D eigenvalue weighted by Crippen LogP contribution is -2.30. The molecule has 0 atom stereocenters. The van der Waals surface area contributed by atoms with Crippen molar-refractivity contribution in [2.24, 2.45) is 0 Å². The maximum atomic E-state index is 11.9. The van der Waals surface area contributed by atoms with E-state index in [1.165, 1.54) is 4.31 Å². The normalized spacial score (nSPS) is 11.9. The highest BCUT2D eigenvalue weighted by molar-refractivity contribution is 7.89. The first-order valence-electron chi connectivity index (χ1n) is 4.59. The molecule has 0 bridgehead atoms. The molecule has 0 spiro atoms. The summed E-state index contributed by atoms with van der Waals surface area (Å²) in [5.41, 5.74) is 0. The third kappa shape index (κ3) is 2.13. The van der Waals surface area contributed by atoms with E-state index in [9.17, 15) is 8.42 Å². The molecule has 77 valence electrons. The standard InChI is InChI=1S/C10H14NO2S/c1-3-11(4-2)14(12,13)10-8-6-5-7-9-10/h5-8H,3-4H2,1-2H3. The Balaban J connectivity index is 3.08. The highest BCUT2D eigenvalue weighted by Gasteiger charge is 2.20. The number of hydrogen-bond donors (Lipinski definition) is 0. The van der Waals surface area contributed by atoms with Crippen molar-refractivity contribution in [1.82, 2.24) is 4.31 Å². The average Bonchev–Trinajstić information content (AvgIpc) is 2.20. The molecule has 0 N–H and O–H groups in total. The predicted octanol–water partition coefficient (Wildman–Crippen LogP) is 1.52. The first-order valence-corrected chi connectivity index (χ1v) is 6.03. The third-order valence-corrected chi connectivity index (χ3v) is 4.01. The van der Waals surface area contributed by atoms with E-state index in [4.69, 9.17) is 0 Å². The van der Waals surface area contributed by atoms with Crippen LogP contribution in [0.3, 0.4) is 0 Å². The molecule has 0 unspecified atom stereocenters. The summed E-state index contributed by atoms with van der Waals surface area (Å²) < 4.78 is 25.2. The van der Waals surface area contributed by atoms with E-state index in [2.05, 4.69) is 6.07 Å². The van der Waals surface area contributed by atoms with Crippen LogP contribution in [0.15, 0.2) is 29.2 Å². The molecule has 0 fully saturated rings. The van der Waals surface area contributed by atoms with E-state index in [1.807, 2.05) is 13.8 Å². The van der Waals surface area contributed by atoms with Gasteiger partial charge in [-0.05, 0) is 6.07 Å². The topological polar surface area (TPSA) is 37.4 Å². The van der Waals surface area contributed by atoms with Crippen molar-refractivity contribution in [2.45, 2.75) is 18.7 Å². The summed E-state index contributed by atoms with van der Waals surface area (Å²) in [4.78, 5) is 0.240. The first-order chi connectivity index (χ1) is 6.62. The molecular formula is C10H14NO2S. The molecule has 0 amide bonds. The van der Waals surface area contributed by atoms with Gasteiger partial charge in [0.25, 0.3) is 0 Å². The van der Waals surface area contributed by atoms with E-state index in [-0.39, 0.29) is 4.90 Å². The van der Waals surface area contributed by atoms with Crippen LogP contribution in [0, 0.1) is 6.07 Å².